The fourth-order valence-electron chi connectivity index (χ4n) is 0.672. The van der Waals surface area contributed by atoms with E-state index in [1.165, 1.54) is 6.20 Å². The number of nitrogens with two attached hydrogens (primary N) is 1. The van der Waals surface area contributed by atoms with E-state index in [1.54, 1.807) is 0 Å². The number of nitrogen functional groups attached to an aromatic ring is 1. The van der Waals surface area contributed by atoms with Gasteiger partial charge in [-0.3, -0.25) is 4.79 Å². The molecule has 0 aliphatic heterocycles. The van der Waals surface area contributed by atoms with Gasteiger partial charge in [0.2, 0.25) is 5.95 Å². The highest BCUT2D eigenvalue weighted by Gasteiger charge is 1.99. The summed E-state index contributed by atoms with van der Waals surface area (Å²) in [7, 11) is 0. The van der Waals surface area contributed by atoms with Crippen molar-refractivity contribution in [1.29, 1.82) is 0 Å². The van der Waals surface area contributed by atoms with E-state index in [0.717, 1.165) is 0 Å². The van der Waals surface area contributed by atoms with Gasteiger partial charge < -0.3 is 10.8 Å². The van der Waals surface area contributed by atoms with Crippen molar-refractivity contribution in [2.45, 2.75) is 6.42 Å². The molecule has 0 aliphatic rings. The lowest BCUT2D eigenvalue weighted by molar-refractivity contribution is -0.135. The molecule has 0 spiro atoms. The minimum atomic E-state index is -0.995. The highest BCUT2D eigenvalue weighted by Crippen LogP contribution is 2.10. The van der Waals surface area contributed by atoms with Gasteiger partial charge in [0.25, 0.3) is 0 Å². The van der Waals surface area contributed by atoms with Crippen LogP contribution in [-0.2, 0) is 4.79 Å². The molecule has 3 N–H and O–H groups in total. The van der Waals surface area contributed by atoms with Gasteiger partial charge in [-0.1, -0.05) is 23.4 Å². The molecule has 0 saturated carbocycles. The first-order valence-corrected chi connectivity index (χ1v) is 3.96. The SMILES string of the molecule is Nc1ncc(C#CCC(=O)O)c(Cl)n1. The number of nitrogens with zero attached hydrogens (tertiary/aromatic N) is 2. The molecule has 0 fully saturated rings. The molecule has 0 saturated heterocycles. The maximum absolute atomic E-state index is 10.1. The molecule has 0 unspecified atom stereocenters. The zero-order chi connectivity index (χ0) is 10.6. The Kier molecular flexibility index (Phi) is 3.26. The quantitative estimate of drug-likeness (QED) is 0.523. The Morgan fingerprint density at radius 2 is 2.43 bits per heavy atom. The second kappa shape index (κ2) is 4.44. The summed E-state index contributed by atoms with van der Waals surface area (Å²) >= 11 is 5.66. The molecule has 1 rings (SSSR count). The zero-order valence-electron chi connectivity index (χ0n) is 6.99. The molecule has 0 amide bonds. The normalized spacial score (nSPS) is 8.93. The fourth-order valence-corrected chi connectivity index (χ4v) is 0.855. The first kappa shape index (κ1) is 10.3. The van der Waals surface area contributed by atoms with Crippen LogP contribution in [0.3, 0.4) is 0 Å². The van der Waals surface area contributed by atoms with Gasteiger partial charge in [-0.2, -0.15) is 4.98 Å². The van der Waals surface area contributed by atoms with Crippen LogP contribution in [0, 0.1) is 11.8 Å². The Morgan fingerprint density at radius 1 is 1.71 bits per heavy atom. The van der Waals surface area contributed by atoms with Crippen LogP contribution in [0.25, 0.3) is 0 Å². The van der Waals surface area contributed by atoms with E-state index in [0.29, 0.717) is 5.56 Å². The predicted molar refractivity (Wildman–Crippen MR) is 50.6 cm³/mol. The van der Waals surface area contributed by atoms with Gasteiger partial charge in [0.05, 0.1) is 5.56 Å². The summed E-state index contributed by atoms with van der Waals surface area (Å²) < 4.78 is 0. The summed E-state index contributed by atoms with van der Waals surface area (Å²) in [5.74, 6) is 3.99. The number of hydrogen-bond donors (Lipinski definition) is 2. The monoisotopic (exact) mass is 211 g/mol. The average molecular weight is 212 g/mol. The number of carboxylic acids is 1. The fraction of sp³-hybridized carbons (Fsp3) is 0.125. The van der Waals surface area contributed by atoms with Crippen molar-refractivity contribution in [3.05, 3.63) is 16.9 Å². The van der Waals surface area contributed by atoms with Crippen LogP contribution in [0.5, 0.6) is 0 Å². The second-order valence-electron chi connectivity index (χ2n) is 2.30. The predicted octanol–water partition coefficient (Wildman–Crippen LogP) is 0.538. The van der Waals surface area contributed by atoms with Gasteiger partial charge in [-0.05, 0) is 0 Å². The number of aromatic nitrogens is 2. The molecular formula is C8H6ClN3O2. The Morgan fingerprint density at radius 3 is 3.00 bits per heavy atom. The van der Waals surface area contributed by atoms with Crippen molar-refractivity contribution in [2.24, 2.45) is 0 Å². The first-order valence-electron chi connectivity index (χ1n) is 3.58. The molecule has 0 aromatic carbocycles. The molecule has 1 aromatic rings. The Labute approximate surface area is 84.9 Å². The van der Waals surface area contributed by atoms with E-state index in [9.17, 15) is 4.79 Å². The first-order chi connectivity index (χ1) is 6.59. The summed E-state index contributed by atoms with van der Waals surface area (Å²) in [6.45, 7) is 0. The van der Waals surface area contributed by atoms with E-state index in [2.05, 4.69) is 21.8 Å². The van der Waals surface area contributed by atoms with E-state index in [4.69, 9.17) is 22.4 Å². The van der Waals surface area contributed by atoms with Crippen LogP contribution in [0.15, 0.2) is 6.20 Å². The Bertz CT molecular complexity index is 422. The van der Waals surface area contributed by atoms with Crippen LogP contribution in [-0.4, -0.2) is 21.0 Å². The Balaban J connectivity index is 2.85. The third kappa shape index (κ3) is 2.92. The molecule has 0 radical (unpaired) electrons. The molecule has 1 aromatic heterocycles. The standard InChI is InChI=1S/C8H6ClN3O2/c9-7-5(2-1-3-6(13)14)4-11-8(10)12-7/h4H,3H2,(H,13,14)(H2,10,11,12). The van der Waals surface area contributed by atoms with Crippen molar-refractivity contribution in [1.82, 2.24) is 9.97 Å². The minimum Gasteiger partial charge on any atom is -0.481 e. The molecule has 5 nitrogen and oxygen atoms in total. The summed E-state index contributed by atoms with van der Waals surface area (Å²) in [5.41, 5.74) is 5.62. The number of hydrogen-bond acceptors (Lipinski definition) is 4. The van der Waals surface area contributed by atoms with Gasteiger partial charge in [-0.25, -0.2) is 4.98 Å². The van der Waals surface area contributed by atoms with Crippen LogP contribution >= 0.6 is 11.6 Å². The molecule has 0 bridgehead atoms. The highest BCUT2D eigenvalue weighted by atomic mass is 35.5. The summed E-state index contributed by atoms with van der Waals surface area (Å²) in [6.07, 6.45) is 1.10. The van der Waals surface area contributed by atoms with E-state index >= 15 is 0 Å². The third-order valence-electron chi connectivity index (χ3n) is 1.22. The molecule has 1 heterocycles. The smallest absolute Gasteiger partial charge is 0.315 e. The van der Waals surface area contributed by atoms with E-state index in [1.807, 2.05) is 0 Å². The lowest BCUT2D eigenvalue weighted by atomic mass is 10.3. The van der Waals surface area contributed by atoms with Gasteiger partial charge in [0.15, 0.2) is 0 Å². The average Bonchev–Trinajstić information content (AvgIpc) is 2.08. The van der Waals surface area contributed by atoms with Crippen LogP contribution in [0.1, 0.15) is 12.0 Å². The Hall–Kier alpha value is -1.80. The number of rotatable bonds is 1. The summed E-state index contributed by atoms with van der Waals surface area (Å²) in [6, 6.07) is 0. The third-order valence-corrected chi connectivity index (χ3v) is 1.51. The number of carboxylic acid groups (broad SMARTS) is 1. The van der Waals surface area contributed by atoms with Gasteiger partial charge >= 0.3 is 5.97 Å². The lowest BCUT2D eigenvalue weighted by Gasteiger charge is -1.94. The van der Waals surface area contributed by atoms with E-state index < -0.39 is 5.97 Å². The molecule has 0 aliphatic carbocycles. The lowest BCUT2D eigenvalue weighted by Crippen LogP contribution is -1.96. The van der Waals surface area contributed by atoms with Crippen molar-refractivity contribution >= 4 is 23.5 Å². The van der Waals surface area contributed by atoms with Crippen molar-refractivity contribution in [3.63, 3.8) is 0 Å². The van der Waals surface area contributed by atoms with Gasteiger partial charge in [0.1, 0.15) is 11.6 Å². The molecule has 0 atom stereocenters. The maximum Gasteiger partial charge on any atom is 0.315 e. The van der Waals surface area contributed by atoms with Crippen molar-refractivity contribution in [2.75, 3.05) is 5.73 Å². The second-order valence-corrected chi connectivity index (χ2v) is 2.66. The van der Waals surface area contributed by atoms with Crippen LogP contribution in [0.2, 0.25) is 5.15 Å². The van der Waals surface area contributed by atoms with Gasteiger partial charge in [0, 0.05) is 6.20 Å². The van der Waals surface area contributed by atoms with Crippen molar-refractivity contribution in [3.8, 4) is 11.8 Å². The molecule has 72 valence electrons. The molecular weight excluding hydrogens is 206 g/mol. The number of halogens is 1. The van der Waals surface area contributed by atoms with E-state index in [-0.39, 0.29) is 17.5 Å². The highest BCUT2D eigenvalue weighted by molar-refractivity contribution is 6.30. The van der Waals surface area contributed by atoms with Crippen molar-refractivity contribution < 1.29 is 9.90 Å². The number of aliphatic carboxylic acids is 1. The summed E-state index contributed by atoms with van der Waals surface area (Å²) in [5, 5.41) is 8.44. The molecule has 14 heavy (non-hydrogen) atoms. The van der Waals surface area contributed by atoms with Gasteiger partial charge in [-0.15, -0.1) is 0 Å². The maximum atomic E-state index is 10.1. The number of anilines is 1. The topological polar surface area (TPSA) is 89.1 Å². The van der Waals surface area contributed by atoms with Crippen LogP contribution < -0.4 is 5.73 Å². The molecule has 6 heteroatoms. The largest absolute Gasteiger partial charge is 0.481 e. The zero-order valence-corrected chi connectivity index (χ0v) is 7.75. The van der Waals surface area contributed by atoms with Crippen LogP contribution in [0.4, 0.5) is 5.95 Å². The summed E-state index contributed by atoms with van der Waals surface area (Å²) in [4.78, 5) is 17.5. The number of carbonyl (C=O) groups is 1. The minimum absolute atomic E-state index is 0.0544.